The van der Waals surface area contributed by atoms with Gasteiger partial charge in [0, 0.05) is 39.4 Å². The van der Waals surface area contributed by atoms with Gasteiger partial charge in [-0.2, -0.15) is 0 Å². The van der Waals surface area contributed by atoms with Crippen LogP contribution in [0.5, 0.6) is 0 Å². The van der Waals surface area contributed by atoms with E-state index in [1.54, 1.807) is 32.0 Å². The minimum atomic E-state index is -0.606. The summed E-state index contributed by atoms with van der Waals surface area (Å²) in [6, 6.07) is 2.47. The third-order valence-corrected chi connectivity index (χ3v) is 6.18. The Balaban J connectivity index is 1.58. The zero-order chi connectivity index (χ0) is 24.7. The van der Waals surface area contributed by atoms with E-state index >= 15 is 0 Å². The quantitative estimate of drug-likeness (QED) is 0.404. The number of pyridine rings is 2. The highest BCUT2D eigenvalue weighted by atomic mass is 16.5. The number of carbonyl (C=O) groups is 1. The lowest BCUT2D eigenvalue weighted by atomic mass is 10.1. The van der Waals surface area contributed by atoms with Gasteiger partial charge in [0.2, 0.25) is 0 Å². The number of anilines is 3. The summed E-state index contributed by atoms with van der Waals surface area (Å²) in [5.41, 5.74) is 5.64. The van der Waals surface area contributed by atoms with Crippen LogP contribution in [0.3, 0.4) is 0 Å². The molecule has 0 amide bonds. The normalized spacial score (nSPS) is 13.3. The number of imidazole rings is 1. The van der Waals surface area contributed by atoms with Crippen molar-refractivity contribution in [2.45, 2.75) is 33.0 Å². The third kappa shape index (κ3) is 4.03. The molecule has 35 heavy (non-hydrogen) atoms. The highest BCUT2D eigenvalue weighted by molar-refractivity contribution is 5.98. The molecule has 0 radical (unpaired) electrons. The summed E-state index contributed by atoms with van der Waals surface area (Å²) in [7, 11) is 4.96. The number of nitrogens with zero attached hydrogens (tertiary/aromatic N) is 7. The van der Waals surface area contributed by atoms with E-state index in [2.05, 4.69) is 49.3 Å². The van der Waals surface area contributed by atoms with Gasteiger partial charge in [-0.3, -0.25) is 14.9 Å². The molecule has 0 bridgehead atoms. The first-order valence-corrected chi connectivity index (χ1v) is 11.3. The van der Waals surface area contributed by atoms with Gasteiger partial charge in [-0.1, -0.05) is 0 Å². The summed E-state index contributed by atoms with van der Waals surface area (Å²) < 4.78 is 6.90. The van der Waals surface area contributed by atoms with Gasteiger partial charge in [0.15, 0.2) is 17.3 Å². The molecule has 4 aromatic rings. The molecule has 180 valence electrons. The molecular weight excluding hydrogens is 446 g/mol. The summed E-state index contributed by atoms with van der Waals surface area (Å²) in [5.74, 6) is 0.136. The Morgan fingerprint density at radius 1 is 1.11 bits per heavy atom. The van der Waals surface area contributed by atoms with E-state index in [0.717, 1.165) is 35.6 Å². The minimum Gasteiger partial charge on any atom is -0.464 e. The van der Waals surface area contributed by atoms with Crippen LogP contribution in [0.1, 0.15) is 35.6 Å². The van der Waals surface area contributed by atoms with Crippen molar-refractivity contribution in [1.82, 2.24) is 34.4 Å². The summed E-state index contributed by atoms with van der Waals surface area (Å²) in [6.07, 6.45) is 6.85. The van der Waals surface area contributed by atoms with Gasteiger partial charge < -0.3 is 19.9 Å². The van der Waals surface area contributed by atoms with Gasteiger partial charge in [0.05, 0.1) is 48.3 Å². The maximum absolute atomic E-state index is 12.7. The fourth-order valence-electron chi connectivity index (χ4n) is 4.20. The zero-order valence-corrected chi connectivity index (χ0v) is 20.3. The highest BCUT2D eigenvalue weighted by Crippen LogP contribution is 2.33. The van der Waals surface area contributed by atoms with Crippen LogP contribution in [-0.2, 0) is 24.9 Å². The fourth-order valence-corrected chi connectivity index (χ4v) is 4.20. The van der Waals surface area contributed by atoms with E-state index in [4.69, 9.17) is 9.72 Å². The smallest absolute Gasteiger partial charge is 0.360 e. The van der Waals surface area contributed by atoms with E-state index in [1.807, 2.05) is 17.7 Å². The van der Waals surface area contributed by atoms with Crippen LogP contribution in [-0.4, -0.2) is 60.6 Å². The lowest BCUT2D eigenvalue weighted by Crippen LogP contribution is -2.24. The average Bonchev–Trinajstić information content (AvgIpc) is 3.47. The van der Waals surface area contributed by atoms with Gasteiger partial charge in [0.1, 0.15) is 11.2 Å². The van der Waals surface area contributed by atoms with Crippen molar-refractivity contribution >= 4 is 34.3 Å². The van der Waals surface area contributed by atoms with Gasteiger partial charge in [-0.15, -0.1) is 0 Å². The molecule has 0 saturated heterocycles. The van der Waals surface area contributed by atoms with Gasteiger partial charge in [0.25, 0.3) is 0 Å². The number of hydrogen-bond donors (Lipinski definition) is 2. The van der Waals surface area contributed by atoms with E-state index < -0.39 is 5.97 Å². The van der Waals surface area contributed by atoms with Gasteiger partial charge in [-0.25, -0.2) is 19.7 Å². The van der Waals surface area contributed by atoms with E-state index in [9.17, 15) is 4.79 Å². The summed E-state index contributed by atoms with van der Waals surface area (Å²) in [6.45, 7) is 6.00. The number of fused-ring (bicyclic) bond motifs is 2. The molecule has 5 heterocycles. The van der Waals surface area contributed by atoms with Crippen LogP contribution in [0.2, 0.25) is 0 Å². The first-order valence-electron chi connectivity index (χ1n) is 11.3. The van der Waals surface area contributed by atoms with Crippen molar-refractivity contribution in [1.29, 1.82) is 0 Å². The number of ether oxygens (including phenoxy) is 1. The van der Waals surface area contributed by atoms with Crippen LogP contribution in [0.15, 0.2) is 31.0 Å². The second-order valence-electron chi connectivity index (χ2n) is 8.72. The molecule has 0 spiro atoms. The molecule has 5 rings (SSSR count). The van der Waals surface area contributed by atoms with Crippen molar-refractivity contribution in [2.75, 3.05) is 24.8 Å². The van der Waals surface area contributed by atoms with E-state index in [1.165, 1.54) is 7.11 Å². The molecule has 0 aromatic carbocycles. The molecule has 11 nitrogen and oxygen atoms in total. The van der Waals surface area contributed by atoms with Crippen LogP contribution in [0.4, 0.5) is 17.3 Å². The number of hydrogen-bond acceptors (Lipinski definition) is 10. The Morgan fingerprint density at radius 2 is 1.94 bits per heavy atom. The largest absolute Gasteiger partial charge is 0.464 e. The average molecular weight is 474 g/mol. The number of carbonyl (C=O) groups excluding carboxylic acids is 1. The molecule has 0 fully saturated rings. The van der Waals surface area contributed by atoms with Crippen molar-refractivity contribution in [2.24, 2.45) is 7.05 Å². The lowest BCUT2D eigenvalue weighted by molar-refractivity contribution is 0.0595. The third-order valence-electron chi connectivity index (χ3n) is 6.18. The predicted molar refractivity (Wildman–Crippen MR) is 132 cm³/mol. The van der Waals surface area contributed by atoms with E-state index in [0.29, 0.717) is 28.6 Å². The molecule has 0 unspecified atom stereocenters. The zero-order valence-electron chi connectivity index (χ0n) is 20.3. The molecule has 0 saturated carbocycles. The lowest BCUT2D eigenvalue weighted by Gasteiger charge is -2.18. The summed E-state index contributed by atoms with van der Waals surface area (Å²) in [5, 5.41) is 6.31. The number of aromatic nitrogens is 6. The Bertz CT molecular complexity index is 1430. The van der Waals surface area contributed by atoms with Gasteiger partial charge >= 0.3 is 5.97 Å². The number of esters is 1. The summed E-state index contributed by atoms with van der Waals surface area (Å²) in [4.78, 5) is 37.9. The van der Waals surface area contributed by atoms with Crippen molar-refractivity contribution in [3.05, 3.63) is 47.9 Å². The Hall–Kier alpha value is -4.12. The molecule has 11 heteroatoms. The molecule has 1 aliphatic heterocycles. The first-order chi connectivity index (χ1) is 16.9. The SMILES string of the molecule is CNc1nc(Nc2cnc3c(c2)CN(C(C)C)C3)c(C(=O)OC)nc1-c1cncc2c1ncn2C. The summed E-state index contributed by atoms with van der Waals surface area (Å²) >= 11 is 0. The number of rotatable bonds is 6. The second-order valence-corrected chi connectivity index (χ2v) is 8.72. The molecule has 4 aromatic heterocycles. The van der Waals surface area contributed by atoms with Crippen molar-refractivity contribution in [3.63, 3.8) is 0 Å². The molecular formula is C24H27N9O2. The van der Waals surface area contributed by atoms with Crippen LogP contribution < -0.4 is 10.6 Å². The molecule has 2 N–H and O–H groups in total. The minimum absolute atomic E-state index is 0.0544. The van der Waals surface area contributed by atoms with Crippen LogP contribution in [0, 0.1) is 0 Å². The number of nitrogens with one attached hydrogen (secondary N) is 2. The topological polar surface area (TPSA) is 123 Å². The highest BCUT2D eigenvalue weighted by Gasteiger charge is 2.25. The van der Waals surface area contributed by atoms with Crippen LogP contribution >= 0.6 is 0 Å². The second kappa shape index (κ2) is 8.91. The van der Waals surface area contributed by atoms with E-state index in [-0.39, 0.29) is 11.5 Å². The maximum Gasteiger partial charge on any atom is 0.360 e. The Kier molecular flexibility index (Phi) is 5.77. The Morgan fingerprint density at radius 3 is 2.69 bits per heavy atom. The molecule has 0 atom stereocenters. The van der Waals surface area contributed by atoms with Crippen molar-refractivity contribution in [3.8, 4) is 11.3 Å². The monoisotopic (exact) mass is 473 g/mol. The number of methoxy groups -OCH3 is 1. The fraction of sp³-hybridized carbons (Fsp3) is 0.333. The standard InChI is InChI=1S/C24H27N9O2/c1-13(2)33-10-14-6-15(7-27-17(14)11-33)29-23-21(24(34)35-5)30-20(22(25-3)31-23)16-8-26-9-18-19(16)28-12-32(18)4/h6-9,12-13H,10-11H2,1-5H3,(H2,25,29,31). The molecule has 0 aliphatic carbocycles. The van der Waals surface area contributed by atoms with Crippen molar-refractivity contribution < 1.29 is 9.53 Å². The maximum atomic E-state index is 12.7. The first kappa shape index (κ1) is 22.7. The number of aryl methyl sites for hydroxylation is 1. The van der Waals surface area contributed by atoms with Crippen LogP contribution in [0.25, 0.3) is 22.3 Å². The van der Waals surface area contributed by atoms with Gasteiger partial charge in [-0.05, 0) is 25.5 Å². The Labute approximate surface area is 202 Å². The predicted octanol–water partition coefficient (Wildman–Crippen LogP) is 3.12. The molecule has 1 aliphatic rings.